The molecule has 0 unspecified atom stereocenters. The van der Waals surface area contributed by atoms with Crippen LogP contribution in [0.5, 0.6) is 0 Å². The Morgan fingerprint density at radius 2 is 2.67 bits per heavy atom. The minimum absolute atomic E-state index is 1.20. The van der Waals surface area contributed by atoms with E-state index in [-0.39, 0.29) is 0 Å². The molecule has 1 aromatic rings. The van der Waals surface area contributed by atoms with Crippen LogP contribution < -0.4 is 4.83 Å². The highest BCUT2D eigenvalue weighted by Crippen LogP contribution is 2.20. The molecule has 0 spiro atoms. The fourth-order valence-electron chi connectivity index (χ4n) is 0.428. The van der Waals surface area contributed by atoms with E-state index in [1.165, 1.54) is 5.03 Å². The van der Waals surface area contributed by atoms with E-state index in [4.69, 9.17) is 0 Å². The van der Waals surface area contributed by atoms with Gasteiger partial charge >= 0.3 is 0 Å². The molecule has 4 heteroatoms. The van der Waals surface area contributed by atoms with E-state index in [0.29, 0.717) is 0 Å². The summed E-state index contributed by atoms with van der Waals surface area (Å²) in [7, 11) is 0. The Balaban J connectivity index is 2.64. The zero-order chi connectivity index (χ0) is 3.98. The van der Waals surface area contributed by atoms with Gasteiger partial charge in [-0.2, -0.15) is 4.79 Å². The lowest BCUT2D eigenvalue weighted by Gasteiger charge is -1.93. The van der Waals surface area contributed by atoms with Gasteiger partial charge < -0.3 is 0 Å². The van der Waals surface area contributed by atoms with Crippen LogP contribution in [0.4, 0.5) is 0 Å². The second kappa shape index (κ2) is 0.607. The van der Waals surface area contributed by atoms with E-state index in [9.17, 15) is 0 Å². The van der Waals surface area contributed by atoms with Crippen molar-refractivity contribution in [3.05, 3.63) is 6.20 Å². The van der Waals surface area contributed by atoms with Crippen LogP contribution in [0.2, 0.25) is 0 Å². The number of hydrogen-bond acceptors (Lipinski definition) is 2. The Hall–Kier alpha value is -0.510. The van der Waals surface area contributed by atoms with Crippen LogP contribution in [-0.4, -0.2) is 9.89 Å². The highest BCUT2D eigenvalue weighted by Gasteiger charge is 2.08. The van der Waals surface area contributed by atoms with Crippen molar-refractivity contribution in [3.8, 4) is 0 Å². The van der Waals surface area contributed by atoms with Crippen LogP contribution in [0, 0.1) is 0 Å². The molecule has 3 heterocycles. The van der Waals surface area contributed by atoms with Crippen LogP contribution in [0.1, 0.15) is 0 Å². The van der Waals surface area contributed by atoms with E-state index in [1.54, 1.807) is 16.7 Å². The molecule has 0 saturated heterocycles. The lowest BCUT2D eigenvalue weighted by molar-refractivity contribution is 0.697. The Labute approximate surface area is 38.8 Å². The third-order valence-electron chi connectivity index (χ3n) is 0.731. The van der Waals surface area contributed by atoms with Crippen molar-refractivity contribution in [3.63, 3.8) is 0 Å². The molecular weight excluding hydrogens is 98.1 g/mol. The van der Waals surface area contributed by atoms with Crippen LogP contribution in [0.15, 0.2) is 11.2 Å². The van der Waals surface area contributed by atoms with Crippen LogP contribution in [-0.2, 0) is 0 Å². The first-order valence-electron chi connectivity index (χ1n) is 1.65. The number of aromatic nitrogens is 2. The number of rotatable bonds is 0. The molecule has 3 nitrogen and oxygen atoms in total. The Morgan fingerprint density at radius 3 is 2.83 bits per heavy atom. The maximum absolute atomic E-state index is 2.96. The maximum Gasteiger partial charge on any atom is 0.131 e. The monoisotopic (exact) mass is 101 g/mol. The Morgan fingerprint density at radius 1 is 1.83 bits per heavy atom. The molecule has 2 aliphatic heterocycles. The summed E-state index contributed by atoms with van der Waals surface area (Å²) in [6.45, 7) is 0. The fraction of sp³-hybridized carbons (Fsp3) is 0. The molecule has 3 rings (SSSR count). The summed E-state index contributed by atoms with van der Waals surface area (Å²) < 4.78 is 0. The number of nitrogens with zero attached hydrogens (tertiary/aromatic N) is 1. The summed E-state index contributed by atoms with van der Waals surface area (Å²) in [5.74, 6) is 0. The van der Waals surface area contributed by atoms with Gasteiger partial charge in [-0.3, -0.25) is 5.10 Å². The van der Waals surface area contributed by atoms with Gasteiger partial charge in [-0.15, -0.1) is 0 Å². The van der Waals surface area contributed by atoms with Gasteiger partial charge in [-0.25, -0.2) is 4.83 Å². The number of aromatic amines is 1. The lowest BCUT2D eigenvalue weighted by atomic mass is 10.9. The number of nitrogens with one attached hydrogen (secondary N) is 2. The predicted octanol–water partition coefficient (Wildman–Crippen LogP) is 0.380. The van der Waals surface area contributed by atoms with Gasteiger partial charge in [0.25, 0.3) is 0 Å². The molecule has 1 aromatic heterocycles. The number of hydrogen-bond donors (Lipinski definition) is 2. The molecule has 2 aliphatic rings. The molecule has 0 aliphatic carbocycles. The van der Waals surface area contributed by atoms with Crippen molar-refractivity contribution in [1.29, 1.82) is 0 Å². The van der Waals surface area contributed by atoms with E-state index in [0.717, 1.165) is 0 Å². The molecule has 0 radical (unpaired) electrons. The van der Waals surface area contributed by atoms with E-state index in [1.807, 2.05) is 6.20 Å². The summed E-state index contributed by atoms with van der Waals surface area (Å²) >= 11 is 1.60. The molecule has 0 aromatic carbocycles. The van der Waals surface area contributed by atoms with Crippen LogP contribution in [0.3, 0.4) is 0 Å². The average Bonchev–Trinajstić information content (AvgIpc) is 1.72. The van der Waals surface area contributed by atoms with Gasteiger partial charge in [0.15, 0.2) is 0 Å². The van der Waals surface area contributed by atoms with Gasteiger partial charge in [-0.1, -0.05) is 0 Å². The first-order chi connectivity index (χ1) is 2.95. The summed E-state index contributed by atoms with van der Waals surface area (Å²) in [5, 5.41) is 4.17. The van der Waals surface area contributed by atoms with Gasteiger partial charge in [0.1, 0.15) is 5.03 Å². The molecule has 0 saturated carbocycles. The molecule has 2 bridgehead atoms. The maximum atomic E-state index is 2.96. The summed E-state index contributed by atoms with van der Waals surface area (Å²) in [4.78, 5) is 4.75. The second-order valence-corrected chi connectivity index (χ2v) is 2.00. The van der Waals surface area contributed by atoms with E-state index < -0.39 is 0 Å². The third kappa shape index (κ3) is 0.139. The van der Waals surface area contributed by atoms with Crippen molar-refractivity contribution in [2.75, 3.05) is 4.83 Å². The Kier molecular flexibility index (Phi) is 0.266. The SMILES string of the molecule is c1c2[nH]n1NS2. The zero-order valence-corrected chi connectivity index (χ0v) is 3.75. The lowest BCUT2D eigenvalue weighted by Crippen LogP contribution is -2.03. The average molecular weight is 101 g/mol. The second-order valence-electron chi connectivity index (χ2n) is 1.17. The zero-order valence-electron chi connectivity index (χ0n) is 2.93. The van der Waals surface area contributed by atoms with Crippen molar-refractivity contribution >= 4 is 11.9 Å². The van der Waals surface area contributed by atoms with Gasteiger partial charge in [0, 0.05) is 11.9 Å². The van der Waals surface area contributed by atoms with Crippen LogP contribution in [0.25, 0.3) is 0 Å². The normalized spacial score (nSPS) is 15.3. The first-order valence-corrected chi connectivity index (χ1v) is 2.47. The quantitative estimate of drug-likeness (QED) is 0.463. The van der Waals surface area contributed by atoms with Gasteiger partial charge in [-0.05, 0) is 0 Å². The van der Waals surface area contributed by atoms with Gasteiger partial charge in [0.05, 0.1) is 6.20 Å². The first kappa shape index (κ1) is 2.63. The largest absolute Gasteiger partial charge is 0.270 e. The Bertz CT molecular complexity index is 127. The van der Waals surface area contributed by atoms with E-state index >= 15 is 0 Å². The topological polar surface area (TPSA) is 32.8 Å². The van der Waals surface area contributed by atoms with Crippen molar-refractivity contribution in [2.24, 2.45) is 0 Å². The number of fused-ring (bicyclic) bond motifs is 1. The highest BCUT2D eigenvalue weighted by atomic mass is 32.2. The van der Waals surface area contributed by atoms with Crippen molar-refractivity contribution in [1.82, 2.24) is 9.89 Å². The standard InChI is InChI=1S/C2H3N3S/c1-2-3-5(1)4-6-2/h1,3-4H. The minimum Gasteiger partial charge on any atom is -0.270 e. The predicted molar refractivity (Wildman–Crippen MR) is 24.0 cm³/mol. The van der Waals surface area contributed by atoms with Crippen molar-refractivity contribution in [2.45, 2.75) is 5.03 Å². The molecule has 32 valence electrons. The number of H-pyrrole nitrogens is 1. The summed E-state index contributed by atoms with van der Waals surface area (Å²) in [5.41, 5.74) is 0. The minimum atomic E-state index is 1.20. The van der Waals surface area contributed by atoms with Gasteiger partial charge in [0.2, 0.25) is 0 Å². The van der Waals surface area contributed by atoms with E-state index in [2.05, 4.69) is 9.93 Å². The van der Waals surface area contributed by atoms with Crippen molar-refractivity contribution < 1.29 is 0 Å². The molecule has 0 atom stereocenters. The smallest absolute Gasteiger partial charge is 0.131 e. The molecule has 2 N–H and O–H groups in total. The molecular formula is C2H3N3S. The highest BCUT2D eigenvalue weighted by molar-refractivity contribution is 8.00. The van der Waals surface area contributed by atoms with Crippen LogP contribution >= 0.6 is 11.9 Å². The molecule has 0 fully saturated rings. The summed E-state index contributed by atoms with van der Waals surface area (Å²) in [6.07, 6.45) is 1.99. The molecule has 6 heavy (non-hydrogen) atoms. The summed E-state index contributed by atoms with van der Waals surface area (Å²) in [6, 6.07) is 0. The fourth-order valence-corrected chi connectivity index (χ4v) is 1.02. The molecule has 0 amide bonds. The third-order valence-corrected chi connectivity index (χ3v) is 1.44.